The van der Waals surface area contributed by atoms with E-state index in [1.165, 1.54) is 29.5 Å². The molecule has 2 aromatic rings. The van der Waals surface area contributed by atoms with Gasteiger partial charge in [-0.25, -0.2) is 0 Å². The van der Waals surface area contributed by atoms with Crippen LogP contribution in [-0.4, -0.2) is 0 Å². The van der Waals surface area contributed by atoms with E-state index in [0.29, 0.717) is 5.92 Å². The molecule has 2 rings (SSSR count). The maximum absolute atomic E-state index is 2.22. The third-order valence-electron chi connectivity index (χ3n) is 3.19. The smallest absolute Gasteiger partial charge is 0.0216 e. The summed E-state index contributed by atoms with van der Waals surface area (Å²) < 4.78 is 0. The Morgan fingerprint density at radius 2 is 1.42 bits per heavy atom. The van der Waals surface area contributed by atoms with E-state index in [4.69, 9.17) is 0 Å². The quantitative estimate of drug-likeness (QED) is 0.653. The number of aryl methyl sites for hydroxylation is 2. The molecule has 0 spiro atoms. The zero-order valence-electron chi connectivity index (χ0n) is 12.7. The van der Waals surface area contributed by atoms with Gasteiger partial charge in [0.2, 0.25) is 0 Å². The van der Waals surface area contributed by atoms with Gasteiger partial charge in [0, 0.05) is 0 Å². The van der Waals surface area contributed by atoms with Gasteiger partial charge in [-0.3, -0.25) is 0 Å². The molecule has 0 fully saturated rings. The highest BCUT2D eigenvalue weighted by molar-refractivity contribution is 5.27. The molecule has 0 aliphatic heterocycles. The fourth-order valence-electron chi connectivity index (χ4n) is 2.17. The van der Waals surface area contributed by atoms with Crippen molar-refractivity contribution >= 4 is 0 Å². The molecule has 0 heteroatoms. The first-order valence-corrected chi connectivity index (χ1v) is 7.24. The Labute approximate surface area is 118 Å². The lowest BCUT2D eigenvalue weighted by Gasteiger charge is -2.07. The second-order valence-electron chi connectivity index (χ2n) is 5.25. The van der Waals surface area contributed by atoms with Crippen molar-refractivity contribution in [3.63, 3.8) is 0 Å². The minimum absolute atomic E-state index is 0.654. The molecule has 0 aliphatic rings. The average Bonchev–Trinajstić information content (AvgIpc) is 2.41. The summed E-state index contributed by atoms with van der Waals surface area (Å²) >= 11 is 0. The van der Waals surface area contributed by atoms with Crippen LogP contribution in [0.2, 0.25) is 0 Å². The van der Waals surface area contributed by atoms with E-state index in [2.05, 4.69) is 82.3 Å². The molecule has 0 atom stereocenters. The summed E-state index contributed by atoms with van der Waals surface area (Å²) in [5.41, 5.74) is 4.31. The van der Waals surface area contributed by atoms with Crippen LogP contribution in [0, 0.1) is 6.92 Å². The molecule has 0 aliphatic carbocycles. The third-order valence-corrected chi connectivity index (χ3v) is 3.19. The van der Waals surface area contributed by atoms with Crippen LogP contribution in [-0.2, 0) is 6.42 Å². The monoisotopic (exact) mass is 254 g/mol. The summed E-state index contributed by atoms with van der Waals surface area (Å²) in [4.78, 5) is 0. The fourth-order valence-corrected chi connectivity index (χ4v) is 2.17. The lowest BCUT2D eigenvalue weighted by atomic mass is 9.99. The van der Waals surface area contributed by atoms with Gasteiger partial charge < -0.3 is 0 Å². The first kappa shape index (κ1) is 15.5. The van der Waals surface area contributed by atoms with Gasteiger partial charge in [-0.05, 0) is 36.0 Å². The van der Waals surface area contributed by atoms with Gasteiger partial charge in [-0.15, -0.1) is 0 Å². The summed E-state index contributed by atoms with van der Waals surface area (Å²) in [7, 11) is 0. The van der Waals surface area contributed by atoms with Gasteiger partial charge >= 0.3 is 0 Å². The summed E-state index contributed by atoms with van der Waals surface area (Å²) in [5, 5.41) is 0. The van der Waals surface area contributed by atoms with E-state index in [1.54, 1.807) is 0 Å². The van der Waals surface area contributed by atoms with Crippen molar-refractivity contribution in [2.45, 2.75) is 46.5 Å². The average molecular weight is 254 g/mol. The van der Waals surface area contributed by atoms with Crippen molar-refractivity contribution in [3.05, 3.63) is 71.3 Å². The number of benzene rings is 2. The highest BCUT2D eigenvalue weighted by Crippen LogP contribution is 2.17. The Morgan fingerprint density at radius 1 is 0.842 bits per heavy atom. The van der Waals surface area contributed by atoms with Gasteiger partial charge in [-0.1, -0.05) is 81.8 Å². The summed E-state index contributed by atoms with van der Waals surface area (Å²) in [6, 6.07) is 19.1. The standard InChI is InChI=1S/C10H14.C9H12/c1-8(2)10-7-5-4-6-9(10)3;1-2-6-9-7-4-3-5-8-9/h4-8H,1-3H3;3-5,7-8H,2,6H2,1H3. The van der Waals surface area contributed by atoms with Gasteiger partial charge in [0.1, 0.15) is 0 Å². The van der Waals surface area contributed by atoms with E-state index in [-0.39, 0.29) is 0 Å². The van der Waals surface area contributed by atoms with E-state index in [9.17, 15) is 0 Å². The summed E-state index contributed by atoms with van der Waals surface area (Å²) in [6.07, 6.45) is 2.45. The molecule has 19 heavy (non-hydrogen) atoms. The molecule has 0 amide bonds. The first-order chi connectivity index (χ1) is 9.15. The number of hydrogen-bond acceptors (Lipinski definition) is 0. The third kappa shape index (κ3) is 5.74. The molecule has 0 bridgehead atoms. The van der Waals surface area contributed by atoms with E-state index in [1.807, 2.05) is 0 Å². The van der Waals surface area contributed by atoms with Gasteiger partial charge in [-0.2, -0.15) is 0 Å². The largest absolute Gasteiger partial charge is 0.0651 e. The molecular formula is C19H26. The molecule has 0 aromatic heterocycles. The van der Waals surface area contributed by atoms with Crippen LogP contribution in [0.4, 0.5) is 0 Å². The van der Waals surface area contributed by atoms with E-state index in [0.717, 1.165) is 0 Å². The molecule has 0 unspecified atom stereocenters. The maximum atomic E-state index is 2.22. The number of hydrogen-bond donors (Lipinski definition) is 0. The lowest BCUT2D eigenvalue weighted by molar-refractivity contribution is 0.856. The second kappa shape index (κ2) is 8.53. The van der Waals surface area contributed by atoms with Crippen LogP contribution in [0.15, 0.2) is 54.6 Å². The minimum Gasteiger partial charge on any atom is -0.0651 e. The van der Waals surface area contributed by atoms with Crippen LogP contribution in [0.3, 0.4) is 0 Å². The molecule has 0 saturated heterocycles. The molecule has 0 nitrogen and oxygen atoms in total. The zero-order chi connectivity index (χ0) is 14.1. The lowest BCUT2D eigenvalue weighted by Crippen LogP contribution is -1.89. The Balaban J connectivity index is 0.000000191. The van der Waals surface area contributed by atoms with Crippen LogP contribution in [0.25, 0.3) is 0 Å². The molecule has 2 aromatic carbocycles. The van der Waals surface area contributed by atoms with Crippen LogP contribution >= 0.6 is 0 Å². The Kier molecular flexibility index (Phi) is 6.95. The molecule has 0 radical (unpaired) electrons. The predicted octanol–water partition coefficient (Wildman–Crippen LogP) is 5.76. The zero-order valence-corrected chi connectivity index (χ0v) is 12.7. The van der Waals surface area contributed by atoms with Crippen LogP contribution in [0.5, 0.6) is 0 Å². The van der Waals surface area contributed by atoms with Gasteiger partial charge in [0.15, 0.2) is 0 Å². The fraction of sp³-hybridized carbons (Fsp3) is 0.368. The molecule has 0 heterocycles. The predicted molar refractivity (Wildman–Crippen MR) is 85.7 cm³/mol. The van der Waals surface area contributed by atoms with Crippen LogP contribution < -0.4 is 0 Å². The topological polar surface area (TPSA) is 0 Å². The van der Waals surface area contributed by atoms with Crippen molar-refractivity contribution in [3.8, 4) is 0 Å². The van der Waals surface area contributed by atoms with Crippen molar-refractivity contribution in [2.24, 2.45) is 0 Å². The molecule has 0 saturated carbocycles. The summed E-state index contributed by atoms with van der Waals surface area (Å²) in [5.74, 6) is 0.654. The first-order valence-electron chi connectivity index (χ1n) is 7.24. The highest BCUT2D eigenvalue weighted by atomic mass is 14.0. The Morgan fingerprint density at radius 3 is 1.89 bits per heavy atom. The van der Waals surface area contributed by atoms with Gasteiger partial charge in [0.25, 0.3) is 0 Å². The van der Waals surface area contributed by atoms with E-state index >= 15 is 0 Å². The second-order valence-corrected chi connectivity index (χ2v) is 5.25. The van der Waals surface area contributed by atoms with Crippen molar-refractivity contribution in [1.82, 2.24) is 0 Å². The van der Waals surface area contributed by atoms with E-state index < -0.39 is 0 Å². The minimum atomic E-state index is 0.654. The Hall–Kier alpha value is -1.56. The van der Waals surface area contributed by atoms with Crippen molar-refractivity contribution in [1.29, 1.82) is 0 Å². The molecule has 102 valence electrons. The van der Waals surface area contributed by atoms with Gasteiger partial charge in [0.05, 0.1) is 0 Å². The highest BCUT2D eigenvalue weighted by Gasteiger charge is 1.99. The molecular weight excluding hydrogens is 228 g/mol. The Bertz CT molecular complexity index is 454. The van der Waals surface area contributed by atoms with Crippen molar-refractivity contribution < 1.29 is 0 Å². The normalized spacial score (nSPS) is 9.95. The SMILES string of the molecule is CCCc1ccccc1.Cc1ccccc1C(C)C. The summed E-state index contributed by atoms with van der Waals surface area (Å²) in [6.45, 7) is 8.81. The maximum Gasteiger partial charge on any atom is -0.0216 e. The number of rotatable bonds is 3. The van der Waals surface area contributed by atoms with Crippen molar-refractivity contribution in [2.75, 3.05) is 0 Å². The van der Waals surface area contributed by atoms with Crippen LogP contribution in [0.1, 0.15) is 49.8 Å². The molecule has 0 N–H and O–H groups in total.